The van der Waals surface area contributed by atoms with Gasteiger partial charge in [-0.25, -0.2) is 22.5 Å². The quantitative estimate of drug-likeness (QED) is 0.377. The summed E-state index contributed by atoms with van der Waals surface area (Å²) in [5.74, 6) is -0.732. The molecule has 0 atom stereocenters. The van der Waals surface area contributed by atoms with E-state index in [1.54, 1.807) is 12.1 Å². The van der Waals surface area contributed by atoms with E-state index in [9.17, 15) is 22.4 Å². The molecule has 1 N–H and O–H groups in total. The van der Waals surface area contributed by atoms with Crippen molar-refractivity contribution < 1.29 is 17.6 Å². The average Bonchev–Trinajstić information content (AvgIpc) is 3.57. The zero-order valence-corrected chi connectivity index (χ0v) is 20.7. The summed E-state index contributed by atoms with van der Waals surface area (Å²) in [4.78, 5) is 29.9. The third-order valence-corrected chi connectivity index (χ3v) is 8.21. The van der Waals surface area contributed by atoms with Crippen molar-refractivity contribution in [2.45, 2.75) is 30.8 Å². The Labute approximate surface area is 212 Å². The number of benzene rings is 2. The number of rotatable bonds is 8. The van der Waals surface area contributed by atoms with Crippen LogP contribution in [0.1, 0.15) is 28.8 Å². The molecule has 0 radical (unpaired) electrons. The van der Waals surface area contributed by atoms with Gasteiger partial charge in [0, 0.05) is 25.2 Å². The first kappa shape index (κ1) is 24.8. The molecule has 3 heterocycles. The van der Waals surface area contributed by atoms with E-state index in [0.29, 0.717) is 35.2 Å². The van der Waals surface area contributed by atoms with Gasteiger partial charge in [0.1, 0.15) is 17.5 Å². The molecule has 0 spiro atoms. The SMILES string of the molecule is O=C(NCCn1ncc2c(=O)n(Cc3cccc(F)c3)cnc21)c1ccc(S(=O)(=O)N2CCCC2)cc1. The van der Waals surface area contributed by atoms with Gasteiger partial charge in [0.15, 0.2) is 5.65 Å². The number of carbonyl (C=O) groups is 1. The Balaban J connectivity index is 1.21. The van der Waals surface area contributed by atoms with Gasteiger partial charge in [-0.2, -0.15) is 9.40 Å². The summed E-state index contributed by atoms with van der Waals surface area (Å²) >= 11 is 0. The molecule has 2 aromatic carbocycles. The van der Waals surface area contributed by atoms with E-state index in [4.69, 9.17) is 0 Å². The molecule has 37 heavy (non-hydrogen) atoms. The lowest BCUT2D eigenvalue weighted by Crippen LogP contribution is -2.29. The fraction of sp³-hybridized carbons (Fsp3) is 0.280. The van der Waals surface area contributed by atoms with Gasteiger partial charge in [-0.05, 0) is 54.8 Å². The van der Waals surface area contributed by atoms with Crippen LogP contribution in [0.3, 0.4) is 0 Å². The number of carbonyl (C=O) groups excluding carboxylic acids is 1. The summed E-state index contributed by atoms with van der Waals surface area (Å²) in [5, 5.41) is 7.31. The van der Waals surface area contributed by atoms with Crippen LogP contribution in [-0.4, -0.2) is 57.6 Å². The van der Waals surface area contributed by atoms with Crippen LogP contribution in [0.25, 0.3) is 11.0 Å². The Morgan fingerprint density at radius 3 is 2.57 bits per heavy atom. The molecule has 1 fully saturated rings. The smallest absolute Gasteiger partial charge is 0.264 e. The predicted octanol–water partition coefficient (Wildman–Crippen LogP) is 1.99. The fourth-order valence-corrected chi connectivity index (χ4v) is 5.86. The lowest BCUT2D eigenvalue weighted by atomic mass is 10.2. The maximum absolute atomic E-state index is 13.5. The Morgan fingerprint density at radius 2 is 1.84 bits per heavy atom. The molecule has 1 aliphatic rings. The van der Waals surface area contributed by atoms with Gasteiger partial charge < -0.3 is 5.32 Å². The molecule has 10 nitrogen and oxygen atoms in total. The zero-order chi connectivity index (χ0) is 26.0. The number of halogens is 1. The third kappa shape index (κ3) is 5.16. The Bertz CT molecular complexity index is 1610. The largest absolute Gasteiger partial charge is 0.350 e. The highest BCUT2D eigenvalue weighted by Crippen LogP contribution is 2.21. The molecule has 1 amide bonds. The molecule has 192 valence electrons. The first-order valence-electron chi connectivity index (χ1n) is 11.9. The summed E-state index contributed by atoms with van der Waals surface area (Å²) in [6.45, 7) is 1.71. The van der Waals surface area contributed by atoms with Gasteiger partial charge >= 0.3 is 0 Å². The van der Waals surface area contributed by atoms with E-state index in [-0.39, 0.29) is 41.8 Å². The van der Waals surface area contributed by atoms with Crippen molar-refractivity contribution in [3.05, 3.63) is 88.4 Å². The van der Waals surface area contributed by atoms with Crippen LogP contribution in [0.5, 0.6) is 0 Å². The summed E-state index contributed by atoms with van der Waals surface area (Å²) in [7, 11) is -3.54. The van der Waals surface area contributed by atoms with E-state index < -0.39 is 10.0 Å². The van der Waals surface area contributed by atoms with Crippen LogP contribution >= 0.6 is 0 Å². The Morgan fingerprint density at radius 1 is 1.08 bits per heavy atom. The monoisotopic (exact) mass is 524 g/mol. The van der Waals surface area contributed by atoms with E-state index in [1.165, 1.54) is 62.5 Å². The summed E-state index contributed by atoms with van der Waals surface area (Å²) in [6, 6.07) is 11.9. The second-order valence-corrected chi connectivity index (χ2v) is 10.7. The topological polar surface area (TPSA) is 119 Å². The Hall–Kier alpha value is -3.90. The van der Waals surface area contributed by atoms with Crippen LogP contribution in [0.2, 0.25) is 0 Å². The number of sulfonamides is 1. The normalized spacial score (nSPS) is 14.3. The maximum atomic E-state index is 13.5. The predicted molar refractivity (Wildman–Crippen MR) is 134 cm³/mol. The van der Waals surface area contributed by atoms with E-state index in [1.807, 2.05) is 0 Å². The van der Waals surface area contributed by atoms with E-state index in [2.05, 4.69) is 15.4 Å². The molecule has 0 saturated carbocycles. The van der Waals surface area contributed by atoms with Crippen molar-refractivity contribution >= 4 is 27.0 Å². The Kier molecular flexibility index (Phi) is 6.85. The molecular weight excluding hydrogens is 499 g/mol. The van der Waals surface area contributed by atoms with Crippen LogP contribution in [0.4, 0.5) is 4.39 Å². The fourth-order valence-electron chi connectivity index (χ4n) is 4.34. The number of nitrogens with one attached hydrogen (secondary N) is 1. The summed E-state index contributed by atoms with van der Waals surface area (Å²) in [6.07, 6.45) is 4.52. The van der Waals surface area contributed by atoms with E-state index in [0.717, 1.165) is 12.8 Å². The molecule has 12 heteroatoms. The molecule has 1 aliphatic heterocycles. The molecule has 0 bridgehead atoms. The van der Waals surface area contributed by atoms with Crippen molar-refractivity contribution in [2.75, 3.05) is 19.6 Å². The second-order valence-electron chi connectivity index (χ2n) is 8.80. The molecule has 2 aromatic heterocycles. The zero-order valence-electron chi connectivity index (χ0n) is 19.9. The van der Waals surface area contributed by atoms with Gasteiger partial charge in [0.2, 0.25) is 10.0 Å². The number of hydrogen-bond donors (Lipinski definition) is 1. The third-order valence-electron chi connectivity index (χ3n) is 6.29. The highest BCUT2D eigenvalue weighted by atomic mass is 32.2. The van der Waals surface area contributed by atoms with Crippen molar-refractivity contribution in [3.63, 3.8) is 0 Å². The number of hydrogen-bond acceptors (Lipinski definition) is 6. The lowest BCUT2D eigenvalue weighted by molar-refractivity contribution is 0.0952. The lowest BCUT2D eigenvalue weighted by Gasteiger charge is -2.15. The van der Waals surface area contributed by atoms with Crippen LogP contribution < -0.4 is 10.9 Å². The number of amides is 1. The number of nitrogens with zero attached hydrogens (tertiary/aromatic N) is 5. The summed E-state index contributed by atoms with van der Waals surface area (Å²) in [5.41, 5.74) is 1.06. The number of fused-ring (bicyclic) bond motifs is 1. The molecule has 0 unspecified atom stereocenters. The van der Waals surface area contributed by atoms with Crippen LogP contribution in [0.15, 0.2) is 70.7 Å². The second kappa shape index (κ2) is 10.2. The average molecular weight is 525 g/mol. The molecule has 4 aromatic rings. The van der Waals surface area contributed by atoms with Gasteiger partial charge in [-0.15, -0.1) is 0 Å². The van der Waals surface area contributed by atoms with E-state index >= 15 is 0 Å². The van der Waals surface area contributed by atoms with Crippen molar-refractivity contribution in [1.29, 1.82) is 0 Å². The van der Waals surface area contributed by atoms with Gasteiger partial charge in [-0.1, -0.05) is 12.1 Å². The number of aromatic nitrogens is 4. The van der Waals surface area contributed by atoms with Crippen molar-refractivity contribution in [1.82, 2.24) is 29.0 Å². The minimum atomic E-state index is -3.54. The molecule has 1 saturated heterocycles. The first-order valence-corrected chi connectivity index (χ1v) is 13.3. The van der Waals surface area contributed by atoms with Crippen molar-refractivity contribution in [3.8, 4) is 0 Å². The first-order chi connectivity index (χ1) is 17.8. The van der Waals surface area contributed by atoms with Gasteiger partial charge in [0.05, 0.1) is 24.2 Å². The summed E-state index contributed by atoms with van der Waals surface area (Å²) < 4.78 is 43.1. The standard InChI is InChI=1S/C25H25FN6O4S/c26-20-5-3-4-18(14-20)16-30-17-28-23-22(25(30)34)15-29-32(23)13-10-27-24(33)19-6-8-21(9-7-19)37(35,36)31-11-1-2-12-31/h3-9,14-15,17H,1-2,10-13,16H2,(H,27,33). The maximum Gasteiger partial charge on any atom is 0.264 e. The molecular formula is C25H25FN6O4S. The highest BCUT2D eigenvalue weighted by molar-refractivity contribution is 7.89. The van der Waals surface area contributed by atoms with Gasteiger partial charge in [0.25, 0.3) is 11.5 Å². The van der Waals surface area contributed by atoms with Crippen LogP contribution in [-0.2, 0) is 23.1 Å². The molecule has 5 rings (SSSR count). The van der Waals surface area contributed by atoms with Crippen LogP contribution in [0, 0.1) is 5.82 Å². The molecule has 0 aliphatic carbocycles. The minimum Gasteiger partial charge on any atom is -0.350 e. The highest BCUT2D eigenvalue weighted by Gasteiger charge is 2.27. The van der Waals surface area contributed by atoms with Gasteiger partial charge in [-0.3, -0.25) is 14.2 Å². The minimum absolute atomic E-state index is 0.170. The van der Waals surface area contributed by atoms with Crippen molar-refractivity contribution in [2.24, 2.45) is 0 Å².